The molecule has 0 aliphatic carbocycles. The van der Waals surface area contributed by atoms with Gasteiger partial charge in [0, 0.05) is 32.2 Å². The Morgan fingerprint density at radius 3 is 2.19 bits per heavy atom. The Morgan fingerprint density at radius 2 is 1.71 bits per heavy atom. The first-order valence-corrected chi connectivity index (χ1v) is 7.73. The van der Waals surface area contributed by atoms with Gasteiger partial charge in [-0.15, -0.1) is 0 Å². The van der Waals surface area contributed by atoms with Crippen LogP contribution >= 0.6 is 0 Å². The van der Waals surface area contributed by atoms with Crippen molar-refractivity contribution in [3.63, 3.8) is 0 Å². The van der Waals surface area contributed by atoms with E-state index in [0.29, 0.717) is 37.7 Å². The summed E-state index contributed by atoms with van der Waals surface area (Å²) in [6.07, 6.45) is 1.59. The van der Waals surface area contributed by atoms with E-state index in [4.69, 9.17) is 5.73 Å². The third-order valence-electron chi connectivity index (χ3n) is 4.35. The molecule has 1 aliphatic heterocycles. The number of halogens is 2. The number of hydrogen-bond donors (Lipinski definition) is 1. The van der Waals surface area contributed by atoms with Crippen LogP contribution in [0.15, 0.2) is 12.1 Å². The van der Waals surface area contributed by atoms with Gasteiger partial charge in [-0.25, -0.2) is 8.78 Å². The van der Waals surface area contributed by atoms with Crippen molar-refractivity contribution in [2.45, 2.75) is 32.7 Å². The van der Waals surface area contributed by atoms with Gasteiger partial charge in [0.15, 0.2) is 0 Å². The predicted octanol–water partition coefficient (Wildman–Crippen LogP) is 2.39. The maximum Gasteiger partial charge on any atom is 0.149 e. The van der Waals surface area contributed by atoms with E-state index >= 15 is 0 Å². The Bertz CT molecular complexity index is 448. The molecule has 2 rings (SSSR count). The maximum atomic E-state index is 14.2. The molecule has 0 radical (unpaired) electrons. The van der Waals surface area contributed by atoms with E-state index in [2.05, 4.69) is 18.7 Å². The molecule has 1 unspecified atom stereocenters. The Morgan fingerprint density at radius 1 is 1.14 bits per heavy atom. The second kappa shape index (κ2) is 7.18. The van der Waals surface area contributed by atoms with Crippen LogP contribution in [0.2, 0.25) is 0 Å². The smallest absolute Gasteiger partial charge is 0.149 e. The van der Waals surface area contributed by atoms with Crippen LogP contribution < -0.4 is 10.6 Å². The van der Waals surface area contributed by atoms with Crippen molar-refractivity contribution >= 4 is 5.69 Å². The molecule has 0 amide bonds. The molecule has 5 heteroatoms. The summed E-state index contributed by atoms with van der Waals surface area (Å²) in [5, 5.41) is 0. The third kappa shape index (κ3) is 3.71. The molecule has 1 saturated heterocycles. The van der Waals surface area contributed by atoms with Gasteiger partial charge < -0.3 is 10.6 Å². The molecule has 1 heterocycles. The summed E-state index contributed by atoms with van der Waals surface area (Å²) in [7, 11) is 0. The van der Waals surface area contributed by atoms with Gasteiger partial charge in [0.1, 0.15) is 17.3 Å². The van der Waals surface area contributed by atoms with Gasteiger partial charge in [-0.3, -0.25) is 4.90 Å². The quantitative estimate of drug-likeness (QED) is 0.906. The topological polar surface area (TPSA) is 32.5 Å². The van der Waals surface area contributed by atoms with Crippen LogP contribution in [0, 0.1) is 11.6 Å². The molecule has 1 aromatic rings. The van der Waals surface area contributed by atoms with E-state index in [-0.39, 0.29) is 5.69 Å². The average molecular weight is 297 g/mol. The molecule has 2 N–H and O–H groups in total. The molecule has 1 fully saturated rings. The van der Waals surface area contributed by atoms with Gasteiger partial charge in [-0.1, -0.05) is 6.92 Å². The predicted molar refractivity (Wildman–Crippen MR) is 82.7 cm³/mol. The molecular formula is C16H25F2N3. The summed E-state index contributed by atoms with van der Waals surface area (Å²) >= 11 is 0. The molecule has 1 aliphatic rings. The van der Waals surface area contributed by atoms with Crippen molar-refractivity contribution in [1.29, 1.82) is 0 Å². The Hall–Kier alpha value is -1.20. The fourth-order valence-electron chi connectivity index (χ4n) is 2.88. The highest BCUT2D eigenvalue weighted by Gasteiger charge is 2.24. The van der Waals surface area contributed by atoms with Crippen LogP contribution in [-0.2, 0) is 6.42 Å². The van der Waals surface area contributed by atoms with Gasteiger partial charge in [0.05, 0.1) is 0 Å². The largest absolute Gasteiger partial charge is 0.364 e. The second-order valence-corrected chi connectivity index (χ2v) is 5.73. The zero-order valence-corrected chi connectivity index (χ0v) is 12.9. The molecular weight excluding hydrogens is 272 g/mol. The summed E-state index contributed by atoms with van der Waals surface area (Å²) in [5.41, 5.74) is 6.17. The number of benzene rings is 1. The maximum absolute atomic E-state index is 14.2. The van der Waals surface area contributed by atoms with Crippen molar-refractivity contribution in [3.05, 3.63) is 29.3 Å². The standard InChI is InChI=1S/C16H25F2N3/c1-3-12(2)20-6-8-21(9-7-20)16-14(17)10-13(4-5-19)11-15(16)18/h10-12H,3-9,19H2,1-2H3. The van der Waals surface area contributed by atoms with Gasteiger partial charge in [-0.05, 0) is 44.0 Å². The minimum atomic E-state index is -0.476. The number of piperazine rings is 1. The first-order chi connectivity index (χ1) is 10.1. The number of anilines is 1. The monoisotopic (exact) mass is 297 g/mol. The summed E-state index contributed by atoms with van der Waals surface area (Å²) in [6, 6.07) is 3.34. The zero-order chi connectivity index (χ0) is 15.4. The SMILES string of the molecule is CCC(C)N1CCN(c2c(F)cc(CCN)cc2F)CC1. The van der Waals surface area contributed by atoms with Crippen LogP contribution in [0.1, 0.15) is 25.8 Å². The van der Waals surface area contributed by atoms with E-state index in [1.165, 1.54) is 12.1 Å². The molecule has 0 aromatic heterocycles. The van der Waals surface area contributed by atoms with Gasteiger partial charge in [0.25, 0.3) is 0 Å². The van der Waals surface area contributed by atoms with Gasteiger partial charge in [0.2, 0.25) is 0 Å². The van der Waals surface area contributed by atoms with Crippen LogP contribution in [0.4, 0.5) is 14.5 Å². The number of rotatable bonds is 5. The molecule has 1 aromatic carbocycles. The van der Waals surface area contributed by atoms with Crippen molar-refractivity contribution in [3.8, 4) is 0 Å². The third-order valence-corrected chi connectivity index (χ3v) is 4.35. The van der Waals surface area contributed by atoms with Crippen molar-refractivity contribution < 1.29 is 8.78 Å². The average Bonchev–Trinajstić information content (AvgIpc) is 2.47. The first-order valence-electron chi connectivity index (χ1n) is 7.73. The molecule has 21 heavy (non-hydrogen) atoms. The van der Waals surface area contributed by atoms with Crippen molar-refractivity contribution in [1.82, 2.24) is 4.90 Å². The van der Waals surface area contributed by atoms with Crippen molar-refractivity contribution in [2.75, 3.05) is 37.6 Å². The lowest BCUT2D eigenvalue weighted by Gasteiger charge is -2.39. The Kier molecular flexibility index (Phi) is 5.53. The normalized spacial score (nSPS) is 18.0. The van der Waals surface area contributed by atoms with Crippen LogP contribution in [0.5, 0.6) is 0 Å². The lowest BCUT2D eigenvalue weighted by molar-refractivity contribution is 0.192. The molecule has 118 valence electrons. The highest BCUT2D eigenvalue weighted by Crippen LogP contribution is 2.26. The number of nitrogens with zero attached hydrogens (tertiary/aromatic N) is 2. The van der Waals surface area contributed by atoms with Gasteiger partial charge in [-0.2, -0.15) is 0 Å². The highest BCUT2D eigenvalue weighted by molar-refractivity contribution is 5.51. The van der Waals surface area contributed by atoms with E-state index in [1.54, 1.807) is 0 Å². The summed E-state index contributed by atoms with van der Waals surface area (Å²) in [5.74, 6) is -0.953. The molecule has 1 atom stereocenters. The fraction of sp³-hybridized carbons (Fsp3) is 0.625. The minimum absolute atomic E-state index is 0.111. The minimum Gasteiger partial charge on any atom is -0.364 e. The lowest BCUT2D eigenvalue weighted by atomic mass is 10.1. The van der Waals surface area contributed by atoms with E-state index in [9.17, 15) is 8.78 Å². The summed E-state index contributed by atoms with van der Waals surface area (Å²) < 4.78 is 28.4. The van der Waals surface area contributed by atoms with Crippen LogP contribution in [0.3, 0.4) is 0 Å². The number of nitrogens with two attached hydrogens (primary N) is 1. The van der Waals surface area contributed by atoms with Crippen LogP contribution in [-0.4, -0.2) is 43.7 Å². The molecule has 3 nitrogen and oxygen atoms in total. The fourth-order valence-corrected chi connectivity index (χ4v) is 2.88. The van der Waals surface area contributed by atoms with E-state index < -0.39 is 11.6 Å². The first kappa shape index (κ1) is 16.2. The van der Waals surface area contributed by atoms with E-state index in [0.717, 1.165) is 19.5 Å². The van der Waals surface area contributed by atoms with Gasteiger partial charge >= 0.3 is 0 Å². The zero-order valence-electron chi connectivity index (χ0n) is 12.9. The Labute approximate surface area is 125 Å². The Balaban J connectivity index is 2.10. The van der Waals surface area contributed by atoms with Crippen molar-refractivity contribution in [2.24, 2.45) is 5.73 Å². The summed E-state index contributed by atoms with van der Waals surface area (Å²) in [4.78, 5) is 4.19. The summed E-state index contributed by atoms with van der Waals surface area (Å²) in [6.45, 7) is 7.76. The molecule has 0 spiro atoms. The lowest BCUT2D eigenvalue weighted by Crippen LogP contribution is -2.50. The highest BCUT2D eigenvalue weighted by atomic mass is 19.1. The molecule has 0 bridgehead atoms. The van der Waals surface area contributed by atoms with Crippen LogP contribution in [0.25, 0.3) is 0 Å². The number of hydrogen-bond acceptors (Lipinski definition) is 3. The molecule has 0 saturated carbocycles. The van der Waals surface area contributed by atoms with E-state index in [1.807, 2.05) is 4.90 Å². The second-order valence-electron chi connectivity index (χ2n) is 5.73.